The van der Waals surface area contributed by atoms with Crippen LogP contribution in [0, 0.1) is 0 Å². The van der Waals surface area contributed by atoms with Gasteiger partial charge in [0.1, 0.15) is 0 Å². The molecule has 2 aromatic rings. The van der Waals surface area contributed by atoms with Crippen molar-refractivity contribution in [2.45, 2.75) is 79.1 Å². The van der Waals surface area contributed by atoms with E-state index in [1.807, 2.05) is 0 Å². The van der Waals surface area contributed by atoms with Gasteiger partial charge in [0.05, 0.1) is 0 Å². The second kappa shape index (κ2) is 17.6. The van der Waals surface area contributed by atoms with Crippen LogP contribution in [0.1, 0.15) is 101 Å². The van der Waals surface area contributed by atoms with Crippen molar-refractivity contribution in [3.05, 3.63) is 58.7 Å². The van der Waals surface area contributed by atoms with Gasteiger partial charge in [0, 0.05) is 57.7 Å². The summed E-state index contributed by atoms with van der Waals surface area (Å²) in [5.74, 6) is 2.09. The van der Waals surface area contributed by atoms with Crippen molar-refractivity contribution in [3.63, 3.8) is 0 Å². The molecule has 0 saturated heterocycles. The van der Waals surface area contributed by atoms with E-state index in [9.17, 15) is 0 Å². The van der Waals surface area contributed by atoms with E-state index in [0.29, 0.717) is 23.7 Å². The zero-order chi connectivity index (χ0) is 23.8. The molecular formula is C29H47Cl2N3Tc-2. The first-order chi connectivity index (χ1) is 15.1. The van der Waals surface area contributed by atoms with Crippen LogP contribution in [-0.2, 0) is 20.1 Å². The van der Waals surface area contributed by atoms with Crippen LogP contribution in [0.15, 0.2) is 36.4 Å². The van der Waals surface area contributed by atoms with Gasteiger partial charge in [0.25, 0.3) is 0 Å². The maximum Gasteiger partial charge on any atom is 0.0410 e. The van der Waals surface area contributed by atoms with Gasteiger partial charge in [-0.05, 0) is 53.0 Å². The standard InChI is InChI=1S/C29H47N3.2ClH.Tc/c1-20(2)24-12-10-13-25(21(3)4)28(24)30-16-18-32(9)19-17-31-29-26(22(5)6)14-11-15-27(29)23(7)8;;;/h10-15,20-23,30-31H,16-19H2,1-9H3;2*1H;/p-2. The van der Waals surface area contributed by atoms with Crippen molar-refractivity contribution in [1.29, 1.82) is 0 Å². The SMILES string of the molecule is CC(C)c1cccc(C(C)C)c1NCCN(C)CCNc1c(C(C)C)cccc1C(C)C.[Cl-].[Cl-].[Tc]. The predicted molar refractivity (Wildman–Crippen MR) is 144 cm³/mol. The Labute approximate surface area is 241 Å². The molecule has 0 heterocycles. The molecule has 0 amide bonds. The normalized spacial score (nSPS) is 10.9. The summed E-state index contributed by atoms with van der Waals surface area (Å²) in [4.78, 5) is 2.42. The van der Waals surface area contributed by atoms with Crippen molar-refractivity contribution >= 4 is 11.4 Å². The Kier molecular flexibility index (Phi) is 18.3. The number of anilines is 2. The van der Waals surface area contributed by atoms with Gasteiger partial charge in [0.2, 0.25) is 0 Å². The fourth-order valence-corrected chi connectivity index (χ4v) is 4.37. The minimum atomic E-state index is 0. The third-order valence-corrected chi connectivity index (χ3v) is 6.34. The van der Waals surface area contributed by atoms with E-state index in [4.69, 9.17) is 0 Å². The molecule has 2 N–H and O–H groups in total. The summed E-state index contributed by atoms with van der Waals surface area (Å²) in [7, 11) is 2.22. The van der Waals surface area contributed by atoms with Crippen LogP contribution in [0.4, 0.5) is 11.4 Å². The molecule has 0 spiro atoms. The first-order valence-corrected chi connectivity index (χ1v) is 12.5. The Bertz CT molecular complexity index is 732. The summed E-state index contributed by atoms with van der Waals surface area (Å²) in [6, 6.07) is 13.5. The molecule has 0 aliphatic carbocycles. The summed E-state index contributed by atoms with van der Waals surface area (Å²) in [6.07, 6.45) is 0. The molecule has 3 nitrogen and oxygen atoms in total. The monoisotopic (exact) mass is 604 g/mol. The summed E-state index contributed by atoms with van der Waals surface area (Å²) in [5, 5.41) is 7.54. The average Bonchev–Trinajstić information content (AvgIpc) is 2.73. The molecule has 0 unspecified atom stereocenters. The molecule has 0 aromatic heterocycles. The van der Waals surface area contributed by atoms with Gasteiger partial charge < -0.3 is 40.3 Å². The van der Waals surface area contributed by atoms with Gasteiger partial charge >= 0.3 is 0 Å². The van der Waals surface area contributed by atoms with Crippen molar-refractivity contribution in [3.8, 4) is 0 Å². The van der Waals surface area contributed by atoms with Crippen molar-refractivity contribution in [2.75, 3.05) is 43.9 Å². The third-order valence-electron chi connectivity index (χ3n) is 6.34. The number of rotatable bonds is 12. The maximum absolute atomic E-state index is 3.77. The van der Waals surface area contributed by atoms with E-state index >= 15 is 0 Å². The van der Waals surface area contributed by atoms with E-state index in [0.717, 1.165) is 26.2 Å². The number of hydrogen-bond donors (Lipinski definition) is 2. The molecule has 2 aromatic carbocycles. The second-order valence-electron chi connectivity index (χ2n) is 10.4. The largest absolute Gasteiger partial charge is 1.00 e. The summed E-state index contributed by atoms with van der Waals surface area (Å²) in [5.41, 5.74) is 8.38. The molecule has 35 heavy (non-hydrogen) atoms. The van der Waals surface area contributed by atoms with Gasteiger partial charge in [-0.2, -0.15) is 0 Å². The number of hydrogen-bond acceptors (Lipinski definition) is 3. The van der Waals surface area contributed by atoms with Gasteiger partial charge in [0.15, 0.2) is 0 Å². The molecular weight excluding hydrogens is 559 g/mol. The molecule has 201 valence electrons. The topological polar surface area (TPSA) is 27.3 Å². The van der Waals surface area contributed by atoms with E-state index in [-0.39, 0.29) is 44.9 Å². The van der Waals surface area contributed by atoms with Crippen molar-refractivity contribution in [1.82, 2.24) is 4.90 Å². The predicted octanol–water partition coefficient (Wildman–Crippen LogP) is 1.64. The molecule has 1 radical (unpaired) electrons. The van der Waals surface area contributed by atoms with E-state index in [1.54, 1.807) is 0 Å². The number of benzene rings is 2. The quantitative estimate of drug-likeness (QED) is 0.385. The Morgan fingerprint density at radius 2 is 0.829 bits per heavy atom. The summed E-state index contributed by atoms with van der Waals surface area (Å²) in [6.45, 7) is 22.2. The third kappa shape index (κ3) is 10.6. The van der Waals surface area contributed by atoms with Crippen LogP contribution in [-0.4, -0.2) is 38.1 Å². The summed E-state index contributed by atoms with van der Waals surface area (Å²) < 4.78 is 0. The minimum absolute atomic E-state index is 0. The van der Waals surface area contributed by atoms with Crippen LogP contribution >= 0.6 is 0 Å². The van der Waals surface area contributed by atoms with Crippen LogP contribution in [0.5, 0.6) is 0 Å². The Morgan fingerprint density at radius 1 is 0.571 bits per heavy atom. The van der Waals surface area contributed by atoms with E-state index in [1.165, 1.54) is 33.6 Å². The molecule has 6 heteroatoms. The first kappa shape index (κ1) is 36.4. The molecule has 0 atom stereocenters. The van der Waals surface area contributed by atoms with Crippen LogP contribution in [0.2, 0.25) is 0 Å². The first-order valence-electron chi connectivity index (χ1n) is 12.5. The minimum Gasteiger partial charge on any atom is -1.00 e. The van der Waals surface area contributed by atoms with E-state index in [2.05, 4.69) is 114 Å². The smallest absolute Gasteiger partial charge is 0.0410 e. The van der Waals surface area contributed by atoms with Crippen molar-refractivity contribution in [2.24, 2.45) is 0 Å². The zero-order valence-corrected chi connectivity index (χ0v) is 26.6. The average molecular weight is 607 g/mol. The number of likely N-dealkylation sites (N-methyl/N-ethyl adjacent to an activating group) is 1. The fourth-order valence-electron chi connectivity index (χ4n) is 4.37. The van der Waals surface area contributed by atoms with Crippen LogP contribution in [0.25, 0.3) is 0 Å². The molecule has 0 fully saturated rings. The van der Waals surface area contributed by atoms with Gasteiger partial charge in [-0.3, -0.25) is 0 Å². The number of nitrogens with one attached hydrogen (secondary N) is 2. The number of para-hydroxylation sites is 2. The number of nitrogens with zero attached hydrogens (tertiary/aromatic N) is 1. The molecule has 2 rings (SSSR count). The second-order valence-corrected chi connectivity index (χ2v) is 10.4. The number of halogens is 2. The van der Waals surface area contributed by atoms with E-state index < -0.39 is 0 Å². The van der Waals surface area contributed by atoms with Crippen LogP contribution in [0.3, 0.4) is 0 Å². The van der Waals surface area contributed by atoms with Crippen LogP contribution < -0.4 is 35.4 Å². The fraction of sp³-hybridized carbons (Fsp3) is 0.586. The van der Waals surface area contributed by atoms with Gasteiger partial charge in [-0.25, -0.2) is 0 Å². The zero-order valence-electron chi connectivity index (χ0n) is 23.2. The molecule has 0 aliphatic rings. The Balaban J connectivity index is 0. The molecule has 0 aliphatic heterocycles. The Morgan fingerprint density at radius 3 is 1.06 bits per heavy atom. The maximum atomic E-state index is 3.77. The van der Waals surface area contributed by atoms with Gasteiger partial charge in [-0.15, -0.1) is 0 Å². The molecule has 0 saturated carbocycles. The van der Waals surface area contributed by atoms with Crippen molar-refractivity contribution < 1.29 is 44.9 Å². The molecule has 0 bridgehead atoms. The summed E-state index contributed by atoms with van der Waals surface area (Å²) >= 11 is 0. The Hall–Kier alpha value is -0.771. The van der Waals surface area contributed by atoms with Gasteiger partial charge in [-0.1, -0.05) is 91.8 Å².